The average molecular weight is 337 g/mol. The second kappa shape index (κ2) is 6.39. The van der Waals surface area contributed by atoms with Crippen LogP contribution in [0.25, 0.3) is 17.1 Å². The minimum absolute atomic E-state index is 0.0575. The summed E-state index contributed by atoms with van der Waals surface area (Å²) in [5.74, 6) is 1.57. The molecule has 1 fully saturated rings. The van der Waals surface area contributed by atoms with Gasteiger partial charge in [-0.1, -0.05) is 19.3 Å². The lowest BCUT2D eigenvalue weighted by atomic mass is 9.94. The summed E-state index contributed by atoms with van der Waals surface area (Å²) in [6.45, 7) is 3.69. The number of rotatable bonds is 3. The van der Waals surface area contributed by atoms with E-state index in [4.69, 9.17) is 9.40 Å². The van der Waals surface area contributed by atoms with Gasteiger partial charge in [0.05, 0.1) is 6.26 Å². The molecule has 1 saturated carbocycles. The minimum atomic E-state index is 0.0575. The van der Waals surface area contributed by atoms with Gasteiger partial charge < -0.3 is 4.42 Å². The number of carbonyl (C=O) groups excluding carboxylic acids is 1. The van der Waals surface area contributed by atoms with Crippen molar-refractivity contribution in [2.75, 3.05) is 4.90 Å². The number of pyridine rings is 1. The third-order valence-corrected chi connectivity index (χ3v) is 5.02. The molecule has 5 heteroatoms. The standard InChI is InChI=1S/C20H23N3O2/c1-14-10-11-22-18(13-14)21-19(17-9-6-12-25-17)20(22)23(15(2)24)16-7-4-3-5-8-16/h6,9-13,16H,3-5,7-8H2,1-2H3. The number of amides is 1. The van der Waals surface area contributed by atoms with E-state index >= 15 is 0 Å². The molecule has 25 heavy (non-hydrogen) atoms. The Morgan fingerprint density at radius 3 is 2.76 bits per heavy atom. The summed E-state index contributed by atoms with van der Waals surface area (Å²) in [6, 6.07) is 8.06. The Hall–Kier alpha value is -2.56. The lowest BCUT2D eigenvalue weighted by Gasteiger charge is -2.33. The van der Waals surface area contributed by atoms with E-state index in [1.807, 2.05) is 46.7 Å². The van der Waals surface area contributed by atoms with Gasteiger partial charge in [-0.05, 0) is 49.6 Å². The molecule has 5 nitrogen and oxygen atoms in total. The fourth-order valence-electron chi connectivity index (χ4n) is 3.86. The molecule has 0 bridgehead atoms. The first-order chi connectivity index (χ1) is 12.1. The summed E-state index contributed by atoms with van der Waals surface area (Å²) in [7, 11) is 0. The van der Waals surface area contributed by atoms with Crippen LogP contribution in [0.1, 0.15) is 44.6 Å². The second-order valence-electron chi connectivity index (χ2n) is 6.87. The van der Waals surface area contributed by atoms with Crippen LogP contribution in [0.5, 0.6) is 0 Å². The van der Waals surface area contributed by atoms with Gasteiger partial charge in [-0.25, -0.2) is 4.98 Å². The van der Waals surface area contributed by atoms with Crippen molar-refractivity contribution >= 4 is 17.4 Å². The third kappa shape index (κ3) is 2.84. The molecule has 1 amide bonds. The normalized spacial score (nSPS) is 15.6. The predicted molar refractivity (Wildman–Crippen MR) is 97.7 cm³/mol. The van der Waals surface area contributed by atoms with Crippen LogP contribution in [0.3, 0.4) is 0 Å². The molecule has 1 aliphatic rings. The van der Waals surface area contributed by atoms with E-state index in [-0.39, 0.29) is 11.9 Å². The van der Waals surface area contributed by atoms with Crippen LogP contribution in [0.4, 0.5) is 5.82 Å². The van der Waals surface area contributed by atoms with Crippen LogP contribution in [0, 0.1) is 6.92 Å². The number of hydrogen-bond acceptors (Lipinski definition) is 3. The zero-order valence-corrected chi connectivity index (χ0v) is 14.7. The van der Waals surface area contributed by atoms with Gasteiger partial charge in [-0.2, -0.15) is 0 Å². The molecule has 3 heterocycles. The fraction of sp³-hybridized carbons (Fsp3) is 0.400. The van der Waals surface area contributed by atoms with Crippen molar-refractivity contribution in [1.29, 1.82) is 0 Å². The Kier molecular flexibility index (Phi) is 4.07. The third-order valence-electron chi connectivity index (χ3n) is 5.02. The molecule has 0 unspecified atom stereocenters. The number of anilines is 1. The Labute approximate surface area is 147 Å². The number of hydrogen-bond donors (Lipinski definition) is 0. The molecule has 0 aromatic carbocycles. The summed E-state index contributed by atoms with van der Waals surface area (Å²) in [6.07, 6.45) is 9.30. The van der Waals surface area contributed by atoms with Crippen molar-refractivity contribution in [3.8, 4) is 11.5 Å². The summed E-state index contributed by atoms with van der Waals surface area (Å²) in [5.41, 5.74) is 2.71. The van der Waals surface area contributed by atoms with Gasteiger partial charge in [-0.3, -0.25) is 14.1 Å². The second-order valence-corrected chi connectivity index (χ2v) is 6.87. The molecule has 0 aliphatic heterocycles. The van der Waals surface area contributed by atoms with Crippen molar-refractivity contribution in [3.63, 3.8) is 0 Å². The Morgan fingerprint density at radius 2 is 2.08 bits per heavy atom. The molecule has 4 rings (SSSR count). The summed E-state index contributed by atoms with van der Waals surface area (Å²) in [5, 5.41) is 0. The number of fused-ring (bicyclic) bond motifs is 1. The van der Waals surface area contributed by atoms with Crippen LogP contribution in [0.2, 0.25) is 0 Å². The number of aryl methyl sites for hydroxylation is 1. The highest BCUT2D eigenvalue weighted by molar-refractivity contribution is 5.95. The van der Waals surface area contributed by atoms with Gasteiger partial charge in [0.1, 0.15) is 11.3 Å². The SMILES string of the molecule is CC(=O)N(c1c(-c2ccco2)nc2cc(C)ccn12)C1CCCCC1. The summed E-state index contributed by atoms with van der Waals surface area (Å²) >= 11 is 0. The minimum Gasteiger partial charge on any atom is -0.463 e. The van der Waals surface area contributed by atoms with Crippen LogP contribution in [-0.2, 0) is 4.79 Å². The number of imidazole rings is 1. The Bertz CT molecular complexity index is 889. The number of nitrogens with zero attached hydrogens (tertiary/aromatic N) is 3. The quantitative estimate of drug-likeness (QED) is 0.702. The molecule has 0 N–H and O–H groups in total. The summed E-state index contributed by atoms with van der Waals surface area (Å²) in [4.78, 5) is 19.4. The predicted octanol–water partition coefficient (Wildman–Crippen LogP) is 4.59. The number of aromatic nitrogens is 2. The molecular weight excluding hydrogens is 314 g/mol. The first-order valence-corrected chi connectivity index (χ1v) is 8.97. The molecule has 1 aliphatic carbocycles. The molecule has 0 saturated heterocycles. The zero-order valence-electron chi connectivity index (χ0n) is 14.7. The van der Waals surface area contributed by atoms with Crippen molar-refractivity contribution < 1.29 is 9.21 Å². The van der Waals surface area contributed by atoms with E-state index in [2.05, 4.69) is 0 Å². The van der Waals surface area contributed by atoms with Gasteiger partial charge in [0.2, 0.25) is 5.91 Å². The van der Waals surface area contributed by atoms with Crippen LogP contribution in [-0.4, -0.2) is 21.3 Å². The zero-order chi connectivity index (χ0) is 17.4. The van der Waals surface area contributed by atoms with Gasteiger partial charge in [0.25, 0.3) is 0 Å². The number of carbonyl (C=O) groups is 1. The first-order valence-electron chi connectivity index (χ1n) is 8.97. The fourth-order valence-corrected chi connectivity index (χ4v) is 3.86. The van der Waals surface area contributed by atoms with Crippen LogP contribution < -0.4 is 4.90 Å². The topological polar surface area (TPSA) is 50.8 Å². The van der Waals surface area contributed by atoms with E-state index in [1.54, 1.807) is 13.2 Å². The smallest absolute Gasteiger partial charge is 0.225 e. The molecule has 3 aromatic heterocycles. The molecule has 130 valence electrons. The van der Waals surface area contributed by atoms with E-state index in [0.29, 0.717) is 5.76 Å². The molecule has 0 radical (unpaired) electrons. The van der Waals surface area contributed by atoms with E-state index < -0.39 is 0 Å². The van der Waals surface area contributed by atoms with Crippen molar-refractivity contribution in [1.82, 2.24) is 9.38 Å². The molecule has 0 spiro atoms. The maximum absolute atomic E-state index is 12.6. The average Bonchev–Trinajstić information content (AvgIpc) is 3.24. The maximum Gasteiger partial charge on any atom is 0.225 e. The Balaban J connectivity index is 1.93. The molecular formula is C20H23N3O2. The van der Waals surface area contributed by atoms with Crippen LogP contribution >= 0.6 is 0 Å². The highest BCUT2D eigenvalue weighted by Gasteiger charge is 2.30. The first kappa shape index (κ1) is 15.9. The van der Waals surface area contributed by atoms with Crippen molar-refractivity contribution in [3.05, 3.63) is 42.3 Å². The lowest BCUT2D eigenvalue weighted by Crippen LogP contribution is -2.41. The van der Waals surface area contributed by atoms with Crippen LogP contribution in [0.15, 0.2) is 41.1 Å². The highest BCUT2D eigenvalue weighted by Crippen LogP contribution is 2.36. The van der Waals surface area contributed by atoms with E-state index in [0.717, 1.165) is 35.6 Å². The van der Waals surface area contributed by atoms with Crippen molar-refractivity contribution in [2.24, 2.45) is 0 Å². The van der Waals surface area contributed by atoms with E-state index in [1.165, 1.54) is 19.3 Å². The van der Waals surface area contributed by atoms with Crippen molar-refractivity contribution in [2.45, 2.75) is 52.0 Å². The largest absolute Gasteiger partial charge is 0.463 e. The molecule has 0 atom stereocenters. The highest BCUT2D eigenvalue weighted by atomic mass is 16.3. The Morgan fingerprint density at radius 1 is 1.28 bits per heavy atom. The van der Waals surface area contributed by atoms with Gasteiger partial charge in [-0.15, -0.1) is 0 Å². The maximum atomic E-state index is 12.6. The molecule has 3 aromatic rings. The monoisotopic (exact) mass is 337 g/mol. The van der Waals surface area contributed by atoms with E-state index in [9.17, 15) is 4.79 Å². The van der Waals surface area contributed by atoms with Gasteiger partial charge >= 0.3 is 0 Å². The van der Waals surface area contributed by atoms with Gasteiger partial charge in [0, 0.05) is 19.2 Å². The number of furan rings is 1. The lowest BCUT2D eigenvalue weighted by molar-refractivity contribution is -0.117. The van der Waals surface area contributed by atoms with Gasteiger partial charge in [0.15, 0.2) is 11.6 Å². The summed E-state index contributed by atoms with van der Waals surface area (Å²) < 4.78 is 7.64.